The number of ether oxygens (including phenoxy) is 1. The molecule has 1 atom stereocenters. The highest BCUT2D eigenvalue weighted by atomic mass is 35.5. The first-order valence-electron chi connectivity index (χ1n) is 8.36. The molecule has 1 heterocycles. The SMILES string of the molecule is COc1ccc(N2C(=O)c3ccccc3NC2c2ccc(Cl)cc2Cl)cc1. The summed E-state index contributed by atoms with van der Waals surface area (Å²) < 4.78 is 5.23. The van der Waals surface area contributed by atoms with Gasteiger partial charge in [0.2, 0.25) is 0 Å². The lowest BCUT2D eigenvalue weighted by Gasteiger charge is -2.38. The highest BCUT2D eigenvalue weighted by Gasteiger charge is 2.35. The Morgan fingerprint density at radius 2 is 1.74 bits per heavy atom. The second-order valence-corrected chi connectivity index (χ2v) is 6.98. The molecule has 27 heavy (non-hydrogen) atoms. The number of hydrogen-bond acceptors (Lipinski definition) is 3. The zero-order valence-corrected chi connectivity index (χ0v) is 16.0. The summed E-state index contributed by atoms with van der Waals surface area (Å²) in [5, 5.41) is 4.46. The third kappa shape index (κ3) is 3.22. The van der Waals surface area contributed by atoms with Gasteiger partial charge in [0, 0.05) is 27.0 Å². The van der Waals surface area contributed by atoms with Crippen molar-refractivity contribution in [3.8, 4) is 5.75 Å². The summed E-state index contributed by atoms with van der Waals surface area (Å²) in [7, 11) is 1.61. The molecule has 0 aliphatic carbocycles. The second kappa shape index (κ2) is 7.14. The number of hydrogen-bond donors (Lipinski definition) is 1. The largest absolute Gasteiger partial charge is 0.497 e. The van der Waals surface area contributed by atoms with Crippen LogP contribution in [-0.4, -0.2) is 13.0 Å². The van der Waals surface area contributed by atoms with Crippen LogP contribution in [0.3, 0.4) is 0 Å². The molecule has 0 saturated carbocycles. The number of benzene rings is 3. The smallest absolute Gasteiger partial charge is 0.262 e. The number of carbonyl (C=O) groups is 1. The van der Waals surface area contributed by atoms with E-state index in [1.165, 1.54) is 0 Å². The monoisotopic (exact) mass is 398 g/mol. The Kier molecular flexibility index (Phi) is 4.68. The van der Waals surface area contributed by atoms with Crippen molar-refractivity contribution in [2.45, 2.75) is 6.17 Å². The van der Waals surface area contributed by atoms with Crippen molar-refractivity contribution in [3.05, 3.63) is 87.9 Å². The maximum absolute atomic E-state index is 13.3. The van der Waals surface area contributed by atoms with Gasteiger partial charge >= 0.3 is 0 Å². The number of anilines is 2. The second-order valence-electron chi connectivity index (χ2n) is 6.13. The van der Waals surface area contributed by atoms with E-state index in [0.717, 1.165) is 22.7 Å². The Labute approximate surface area is 167 Å². The molecule has 136 valence electrons. The van der Waals surface area contributed by atoms with Crippen molar-refractivity contribution in [2.75, 3.05) is 17.3 Å². The van der Waals surface area contributed by atoms with E-state index < -0.39 is 6.17 Å². The molecule has 0 saturated heterocycles. The quantitative estimate of drug-likeness (QED) is 0.608. The molecule has 4 nitrogen and oxygen atoms in total. The molecule has 1 aliphatic rings. The van der Waals surface area contributed by atoms with Gasteiger partial charge in [-0.2, -0.15) is 0 Å². The van der Waals surface area contributed by atoms with Gasteiger partial charge in [-0.25, -0.2) is 0 Å². The Morgan fingerprint density at radius 1 is 1.00 bits per heavy atom. The number of nitrogens with zero attached hydrogens (tertiary/aromatic N) is 1. The van der Waals surface area contributed by atoms with E-state index >= 15 is 0 Å². The Balaban J connectivity index is 1.86. The summed E-state index contributed by atoms with van der Waals surface area (Å²) in [6, 6.07) is 20.1. The molecule has 0 radical (unpaired) electrons. The number of para-hydroxylation sites is 1. The van der Waals surface area contributed by atoms with Crippen LogP contribution < -0.4 is 15.0 Å². The van der Waals surface area contributed by atoms with Gasteiger partial charge in [-0.3, -0.25) is 9.69 Å². The fourth-order valence-corrected chi connectivity index (χ4v) is 3.72. The summed E-state index contributed by atoms with van der Waals surface area (Å²) in [6.45, 7) is 0. The van der Waals surface area contributed by atoms with E-state index in [0.29, 0.717) is 15.6 Å². The van der Waals surface area contributed by atoms with E-state index in [2.05, 4.69) is 5.32 Å². The van der Waals surface area contributed by atoms with E-state index in [4.69, 9.17) is 27.9 Å². The minimum Gasteiger partial charge on any atom is -0.497 e. The summed E-state index contributed by atoms with van der Waals surface area (Å²) in [5.74, 6) is 0.614. The fourth-order valence-electron chi connectivity index (χ4n) is 3.20. The van der Waals surface area contributed by atoms with Crippen molar-refractivity contribution in [1.29, 1.82) is 0 Å². The minimum absolute atomic E-state index is 0.106. The number of halogens is 2. The van der Waals surface area contributed by atoms with Gasteiger partial charge in [0.1, 0.15) is 11.9 Å². The van der Waals surface area contributed by atoms with Gasteiger partial charge in [0.25, 0.3) is 5.91 Å². The maximum atomic E-state index is 13.3. The predicted octanol–water partition coefficient (Wildman–Crippen LogP) is 5.77. The van der Waals surface area contributed by atoms with Crippen LogP contribution in [0.25, 0.3) is 0 Å². The van der Waals surface area contributed by atoms with Crippen LogP contribution in [0.5, 0.6) is 5.75 Å². The van der Waals surface area contributed by atoms with Gasteiger partial charge in [0.15, 0.2) is 0 Å². The fraction of sp³-hybridized carbons (Fsp3) is 0.0952. The average molecular weight is 399 g/mol. The molecule has 0 fully saturated rings. The van der Waals surface area contributed by atoms with E-state index in [1.807, 2.05) is 48.5 Å². The molecule has 0 aromatic heterocycles. The lowest BCUT2D eigenvalue weighted by atomic mass is 10.0. The molecule has 6 heteroatoms. The summed E-state index contributed by atoms with van der Waals surface area (Å²) in [5.41, 5.74) is 2.87. The van der Waals surface area contributed by atoms with E-state index in [1.54, 1.807) is 30.2 Å². The highest BCUT2D eigenvalue weighted by molar-refractivity contribution is 6.35. The average Bonchev–Trinajstić information content (AvgIpc) is 2.68. The zero-order chi connectivity index (χ0) is 19.0. The third-order valence-electron chi connectivity index (χ3n) is 4.53. The number of rotatable bonds is 3. The van der Waals surface area contributed by atoms with Crippen LogP contribution in [0.15, 0.2) is 66.7 Å². The van der Waals surface area contributed by atoms with Crippen molar-refractivity contribution in [3.63, 3.8) is 0 Å². The Bertz CT molecular complexity index is 1010. The molecule has 1 N–H and O–H groups in total. The standard InChI is InChI=1S/C21H16Cl2N2O2/c1-27-15-9-7-14(8-10-15)25-20(16-11-6-13(22)12-18(16)23)24-19-5-3-2-4-17(19)21(25)26/h2-12,20,24H,1H3. The molecular weight excluding hydrogens is 383 g/mol. The molecule has 4 rings (SSSR count). The maximum Gasteiger partial charge on any atom is 0.262 e. The zero-order valence-electron chi connectivity index (χ0n) is 14.4. The first kappa shape index (κ1) is 17.7. The van der Waals surface area contributed by atoms with Crippen LogP contribution in [0.2, 0.25) is 10.0 Å². The number of nitrogens with one attached hydrogen (secondary N) is 1. The molecule has 1 aliphatic heterocycles. The molecular formula is C21H16Cl2N2O2. The normalized spacial score (nSPS) is 15.9. The molecule has 3 aromatic carbocycles. The molecule has 0 bridgehead atoms. The van der Waals surface area contributed by atoms with Crippen molar-refractivity contribution in [1.82, 2.24) is 0 Å². The van der Waals surface area contributed by atoms with Crippen LogP contribution in [0, 0.1) is 0 Å². The third-order valence-corrected chi connectivity index (χ3v) is 5.10. The van der Waals surface area contributed by atoms with Crippen molar-refractivity contribution in [2.24, 2.45) is 0 Å². The Hall–Kier alpha value is -2.69. The van der Waals surface area contributed by atoms with Crippen LogP contribution >= 0.6 is 23.2 Å². The molecule has 3 aromatic rings. The first-order valence-corrected chi connectivity index (χ1v) is 9.12. The number of amides is 1. The van der Waals surface area contributed by atoms with E-state index in [-0.39, 0.29) is 5.91 Å². The molecule has 1 unspecified atom stereocenters. The summed E-state index contributed by atoms with van der Waals surface area (Å²) >= 11 is 12.5. The van der Waals surface area contributed by atoms with Gasteiger partial charge in [0.05, 0.1) is 12.7 Å². The lowest BCUT2D eigenvalue weighted by molar-refractivity contribution is 0.0975. The van der Waals surface area contributed by atoms with Gasteiger partial charge in [-0.1, -0.05) is 41.4 Å². The van der Waals surface area contributed by atoms with Crippen molar-refractivity contribution >= 4 is 40.5 Å². The summed E-state index contributed by atoms with van der Waals surface area (Å²) in [4.78, 5) is 15.0. The van der Waals surface area contributed by atoms with Gasteiger partial charge in [-0.15, -0.1) is 0 Å². The van der Waals surface area contributed by atoms with Gasteiger partial charge in [-0.05, 0) is 48.5 Å². The van der Waals surface area contributed by atoms with Crippen LogP contribution in [-0.2, 0) is 0 Å². The highest BCUT2D eigenvalue weighted by Crippen LogP contribution is 2.39. The lowest BCUT2D eigenvalue weighted by Crippen LogP contribution is -2.43. The number of carbonyl (C=O) groups excluding carboxylic acids is 1. The summed E-state index contributed by atoms with van der Waals surface area (Å²) in [6.07, 6.45) is -0.467. The number of fused-ring (bicyclic) bond motifs is 1. The molecule has 0 spiro atoms. The first-order chi connectivity index (χ1) is 13.1. The van der Waals surface area contributed by atoms with Crippen LogP contribution in [0.1, 0.15) is 22.1 Å². The number of methoxy groups -OCH3 is 1. The Morgan fingerprint density at radius 3 is 2.44 bits per heavy atom. The predicted molar refractivity (Wildman–Crippen MR) is 109 cm³/mol. The minimum atomic E-state index is -0.467. The van der Waals surface area contributed by atoms with E-state index in [9.17, 15) is 4.79 Å². The van der Waals surface area contributed by atoms with Crippen molar-refractivity contribution < 1.29 is 9.53 Å². The van der Waals surface area contributed by atoms with Crippen LogP contribution in [0.4, 0.5) is 11.4 Å². The topological polar surface area (TPSA) is 41.6 Å². The molecule has 1 amide bonds. The van der Waals surface area contributed by atoms with Gasteiger partial charge < -0.3 is 10.1 Å².